The van der Waals surface area contributed by atoms with Crippen LogP contribution in [0.4, 0.5) is 19.0 Å². The van der Waals surface area contributed by atoms with E-state index in [1.165, 1.54) is 5.01 Å². The molecular weight excluding hydrogens is 357 g/mol. The number of alkyl halides is 3. The number of hydrogen-bond donors (Lipinski definition) is 2. The van der Waals surface area contributed by atoms with Gasteiger partial charge in [-0.3, -0.25) is 4.72 Å². The highest BCUT2D eigenvalue weighted by Gasteiger charge is 2.31. The summed E-state index contributed by atoms with van der Waals surface area (Å²) in [6, 6.07) is 8.43. The molecule has 0 amide bonds. The number of nitrogens with zero attached hydrogens (tertiary/aromatic N) is 2. The number of pyridine rings is 1. The molecule has 0 spiro atoms. The molecule has 0 unspecified atom stereocenters. The van der Waals surface area contributed by atoms with E-state index in [1.807, 2.05) is 0 Å². The lowest BCUT2D eigenvalue weighted by molar-refractivity contribution is -0.137. The first-order valence-corrected chi connectivity index (χ1v) is 8.60. The number of nitrogens with one attached hydrogen (secondary N) is 2. The summed E-state index contributed by atoms with van der Waals surface area (Å²) < 4.78 is 64.9. The molecule has 0 atom stereocenters. The van der Waals surface area contributed by atoms with Gasteiger partial charge in [-0.15, -0.1) is 0 Å². The average molecular weight is 370 g/mol. The number of sulfonamides is 1. The molecule has 0 radical (unpaired) electrons. The van der Waals surface area contributed by atoms with Crippen LogP contribution in [0.2, 0.25) is 0 Å². The van der Waals surface area contributed by atoms with Gasteiger partial charge in [0.15, 0.2) is 0 Å². The third-order valence-corrected chi connectivity index (χ3v) is 4.77. The number of aromatic nitrogens is 1. The summed E-state index contributed by atoms with van der Waals surface area (Å²) in [6.07, 6.45) is -1.38. The Kier molecular flexibility index (Phi) is 4.39. The van der Waals surface area contributed by atoms with Gasteiger partial charge < -0.3 is 0 Å². The second-order valence-corrected chi connectivity index (χ2v) is 6.78. The van der Waals surface area contributed by atoms with Gasteiger partial charge in [0.1, 0.15) is 11.6 Å². The summed E-state index contributed by atoms with van der Waals surface area (Å²) in [4.78, 5) is 3.85. The number of anilines is 1. The summed E-state index contributed by atoms with van der Waals surface area (Å²) in [5.41, 5.74) is 2.01. The van der Waals surface area contributed by atoms with Gasteiger partial charge in [-0.1, -0.05) is 6.07 Å². The first kappa shape index (κ1) is 17.2. The molecule has 10 heteroatoms. The molecule has 0 fully saturated rings. The molecule has 2 heterocycles. The standard InChI is InChI=1S/C15H13F3N4O2S/c16-15(17,18)11-4-6-12(7-5-11)25(23,24)21-14-8-10-20-22(14)13-3-1-2-9-19-13/h1-9,20-21H,10H2. The normalized spacial score (nSPS) is 15.2. The lowest BCUT2D eigenvalue weighted by Gasteiger charge is -2.22. The molecule has 0 saturated heterocycles. The maximum atomic E-state index is 12.6. The predicted octanol–water partition coefficient (Wildman–Crippen LogP) is 2.24. The average Bonchev–Trinajstić information content (AvgIpc) is 3.02. The van der Waals surface area contributed by atoms with Gasteiger partial charge >= 0.3 is 6.18 Å². The summed E-state index contributed by atoms with van der Waals surface area (Å²) in [5, 5.41) is 1.45. The van der Waals surface area contributed by atoms with Crippen LogP contribution in [0.15, 0.2) is 65.5 Å². The van der Waals surface area contributed by atoms with Gasteiger partial charge in [0, 0.05) is 12.7 Å². The Morgan fingerprint density at radius 1 is 1.12 bits per heavy atom. The monoisotopic (exact) mass is 370 g/mol. The molecule has 1 aliphatic rings. The topological polar surface area (TPSA) is 74.3 Å². The van der Waals surface area contributed by atoms with Crippen LogP contribution >= 0.6 is 0 Å². The van der Waals surface area contributed by atoms with Crippen LogP contribution in [0.3, 0.4) is 0 Å². The molecule has 2 N–H and O–H groups in total. The van der Waals surface area contributed by atoms with Crippen molar-refractivity contribution < 1.29 is 21.6 Å². The molecule has 3 rings (SSSR count). The molecule has 0 bridgehead atoms. The molecule has 0 aliphatic carbocycles. The zero-order valence-electron chi connectivity index (χ0n) is 12.7. The minimum atomic E-state index is -4.52. The minimum absolute atomic E-state index is 0.221. The molecule has 6 nitrogen and oxygen atoms in total. The van der Waals surface area contributed by atoms with Gasteiger partial charge in [-0.2, -0.15) is 13.2 Å². The fourth-order valence-corrected chi connectivity index (χ4v) is 3.27. The summed E-state index contributed by atoms with van der Waals surface area (Å²) in [7, 11) is -4.04. The van der Waals surface area contributed by atoms with Crippen molar-refractivity contribution in [1.29, 1.82) is 0 Å². The SMILES string of the molecule is O=S(=O)(NC1=CCNN1c1ccccn1)c1ccc(C(F)(F)F)cc1. The largest absolute Gasteiger partial charge is 0.416 e. The van der Waals surface area contributed by atoms with Gasteiger partial charge in [0.05, 0.1) is 10.5 Å². The zero-order chi connectivity index (χ0) is 18.1. The third-order valence-electron chi connectivity index (χ3n) is 3.39. The highest BCUT2D eigenvalue weighted by atomic mass is 32.2. The molecule has 1 aromatic carbocycles. The maximum Gasteiger partial charge on any atom is 0.416 e. The van der Waals surface area contributed by atoms with Crippen LogP contribution in [-0.4, -0.2) is 19.9 Å². The second-order valence-electron chi connectivity index (χ2n) is 5.10. The van der Waals surface area contributed by atoms with Gasteiger partial charge in [-0.25, -0.2) is 23.8 Å². The fraction of sp³-hybridized carbons (Fsp3) is 0.133. The first-order chi connectivity index (χ1) is 11.8. The van der Waals surface area contributed by atoms with Crippen molar-refractivity contribution in [2.75, 3.05) is 11.6 Å². The highest BCUT2D eigenvalue weighted by Crippen LogP contribution is 2.29. The van der Waals surface area contributed by atoms with Crippen LogP contribution in [0.1, 0.15) is 5.56 Å². The number of rotatable bonds is 4. The van der Waals surface area contributed by atoms with Crippen LogP contribution in [-0.2, 0) is 16.2 Å². The Bertz CT molecular complexity index is 881. The molecule has 25 heavy (non-hydrogen) atoms. The van der Waals surface area contributed by atoms with E-state index in [0.717, 1.165) is 24.3 Å². The van der Waals surface area contributed by atoms with Crippen LogP contribution in [0, 0.1) is 0 Å². The fourth-order valence-electron chi connectivity index (χ4n) is 2.21. The van der Waals surface area contributed by atoms with E-state index in [4.69, 9.17) is 0 Å². The number of hydrogen-bond acceptors (Lipinski definition) is 5. The van der Waals surface area contributed by atoms with E-state index >= 15 is 0 Å². The molecular formula is C15H13F3N4O2S. The first-order valence-electron chi connectivity index (χ1n) is 7.12. The summed E-state index contributed by atoms with van der Waals surface area (Å²) in [5.74, 6) is 0.694. The Morgan fingerprint density at radius 2 is 1.84 bits per heavy atom. The maximum absolute atomic E-state index is 12.6. The van der Waals surface area contributed by atoms with Crippen molar-refractivity contribution in [3.63, 3.8) is 0 Å². The van der Waals surface area contributed by atoms with Gasteiger partial charge in [0.25, 0.3) is 10.0 Å². The van der Waals surface area contributed by atoms with E-state index in [-0.39, 0.29) is 10.7 Å². The van der Waals surface area contributed by atoms with Crippen molar-refractivity contribution in [1.82, 2.24) is 15.1 Å². The summed E-state index contributed by atoms with van der Waals surface area (Å²) in [6.45, 7) is 0.376. The molecule has 2 aromatic rings. The van der Waals surface area contributed by atoms with Gasteiger partial charge in [-0.05, 0) is 42.5 Å². The van der Waals surface area contributed by atoms with Crippen molar-refractivity contribution in [3.05, 3.63) is 66.1 Å². The minimum Gasteiger partial charge on any atom is -0.264 e. The van der Waals surface area contributed by atoms with E-state index in [2.05, 4.69) is 15.1 Å². The van der Waals surface area contributed by atoms with E-state index in [9.17, 15) is 21.6 Å². The summed E-state index contributed by atoms with van der Waals surface area (Å²) >= 11 is 0. The Morgan fingerprint density at radius 3 is 2.44 bits per heavy atom. The zero-order valence-corrected chi connectivity index (χ0v) is 13.5. The van der Waals surface area contributed by atoms with E-state index in [0.29, 0.717) is 12.4 Å². The highest BCUT2D eigenvalue weighted by molar-refractivity contribution is 7.89. The Labute approximate surface area is 142 Å². The molecule has 0 saturated carbocycles. The van der Waals surface area contributed by atoms with Gasteiger partial charge in [0.2, 0.25) is 0 Å². The quantitative estimate of drug-likeness (QED) is 0.864. The van der Waals surface area contributed by atoms with Crippen molar-refractivity contribution in [2.24, 2.45) is 0 Å². The van der Waals surface area contributed by atoms with Crippen molar-refractivity contribution in [3.8, 4) is 0 Å². The Balaban J connectivity index is 1.82. The van der Waals surface area contributed by atoms with Crippen molar-refractivity contribution >= 4 is 15.8 Å². The predicted molar refractivity (Wildman–Crippen MR) is 84.6 cm³/mol. The van der Waals surface area contributed by atoms with Crippen LogP contribution in [0.5, 0.6) is 0 Å². The molecule has 1 aromatic heterocycles. The number of hydrazine groups is 1. The smallest absolute Gasteiger partial charge is 0.264 e. The van der Waals surface area contributed by atoms with E-state index < -0.39 is 21.8 Å². The van der Waals surface area contributed by atoms with Crippen molar-refractivity contribution in [2.45, 2.75) is 11.1 Å². The van der Waals surface area contributed by atoms with Crippen LogP contribution in [0.25, 0.3) is 0 Å². The molecule has 1 aliphatic heterocycles. The van der Waals surface area contributed by atoms with Crippen LogP contribution < -0.4 is 15.2 Å². The Hall–Kier alpha value is -2.59. The molecule has 132 valence electrons. The number of benzene rings is 1. The lowest BCUT2D eigenvalue weighted by atomic mass is 10.2. The number of halogens is 3. The third kappa shape index (κ3) is 3.74. The van der Waals surface area contributed by atoms with E-state index in [1.54, 1.807) is 30.5 Å². The second kappa shape index (κ2) is 6.37. The lowest BCUT2D eigenvalue weighted by Crippen LogP contribution is -2.39.